The van der Waals surface area contributed by atoms with Crippen LogP contribution in [0.1, 0.15) is 5.69 Å². The lowest BCUT2D eigenvalue weighted by Gasteiger charge is -2.07. The number of aryl methyl sites for hydroxylation is 1. The van der Waals surface area contributed by atoms with Gasteiger partial charge in [0.25, 0.3) is 5.56 Å². The highest BCUT2D eigenvalue weighted by Crippen LogP contribution is 2.34. The second kappa shape index (κ2) is 4.35. The van der Waals surface area contributed by atoms with E-state index in [4.69, 9.17) is 0 Å². The van der Waals surface area contributed by atoms with Crippen molar-refractivity contribution in [3.05, 3.63) is 39.6 Å². The molecule has 0 aromatic carbocycles. The first-order valence-corrected chi connectivity index (χ1v) is 6.40. The molecule has 2 rings (SSSR count). The Morgan fingerprint density at radius 2 is 2.25 bits per heavy atom. The molecule has 0 aliphatic carbocycles. The molecule has 0 spiro atoms. The summed E-state index contributed by atoms with van der Waals surface area (Å²) in [6.45, 7) is 1.79. The molecule has 0 saturated carbocycles. The van der Waals surface area contributed by atoms with Gasteiger partial charge in [0, 0.05) is 18.8 Å². The van der Waals surface area contributed by atoms with E-state index in [1.54, 1.807) is 31.4 Å². The Morgan fingerprint density at radius 3 is 2.88 bits per heavy atom. The van der Waals surface area contributed by atoms with Crippen LogP contribution < -0.4 is 5.56 Å². The van der Waals surface area contributed by atoms with E-state index < -0.39 is 0 Å². The summed E-state index contributed by atoms with van der Waals surface area (Å²) < 4.78 is 2.53. The molecule has 0 fully saturated rings. The Labute approximate surface area is 101 Å². The van der Waals surface area contributed by atoms with Crippen LogP contribution in [0.3, 0.4) is 0 Å². The molecule has 0 amide bonds. The van der Waals surface area contributed by atoms with Crippen molar-refractivity contribution in [2.75, 3.05) is 0 Å². The predicted octanol–water partition coefficient (Wildman–Crippen LogP) is 2.61. The van der Waals surface area contributed by atoms with Crippen LogP contribution in [0.4, 0.5) is 0 Å². The van der Waals surface area contributed by atoms with E-state index in [1.807, 2.05) is 17.5 Å². The van der Waals surface area contributed by atoms with Crippen molar-refractivity contribution < 1.29 is 5.11 Å². The van der Waals surface area contributed by atoms with Gasteiger partial charge in [-0.15, -0.1) is 11.3 Å². The van der Waals surface area contributed by atoms with E-state index >= 15 is 0 Å². The second-order valence-corrected chi connectivity index (χ2v) is 5.66. The van der Waals surface area contributed by atoms with Gasteiger partial charge < -0.3 is 9.67 Å². The molecule has 5 heteroatoms. The standard InChI is InChI=1S/C11H11NO2S2/c1-7-6-8(13)10(11(14)12(7)2)16-9-4-3-5-15-9/h3-6,13H,1-2H3. The van der Waals surface area contributed by atoms with Crippen LogP contribution >= 0.6 is 23.1 Å². The minimum atomic E-state index is -0.157. The lowest BCUT2D eigenvalue weighted by molar-refractivity contribution is 0.455. The topological polar surface area (TPSA) is 42.2 Å². The Bertz CT molecular complexity index is 558. The fourth-order valence-electron chi connectivity index (χ4n) is 1.30. The lowest BCUT2D eigenvalue weighted by Crippen LogP contribution is -2.20. The van der Waals surface area contributed by atoms with Crippen LogP contribution in [0, 0.1) is 6.92 Å². The Kier molecular flexibility index (Phi) is 3.07. The summed E-state index contributed by atoms with van der Waals surface area (Å²) in [5.41, 5.74) is 0.592. The van der Waals surface area contributed by atoms with E-state index in [0.717, 1.165) is 9.90 Å². The molecular formula is C11H11NO2S2. The zero-order valence-corrected chi connectivity index (χ0v) is 10.6. The highest BCUT2D eigenvalue weighted by molar-refractivity contribution is 8.01. The SMILES string of the molecule is Cc1cc(O)c(Sc2cccs2)c(=O)n1C. The number of hydrogen-bond acceptors (Lipinski definition) is 4. The Balaban J connectivity index is 2.49. The number of aromatic nitrogens is 1. The monoisotopic (exact) mass is 253 g/mol. The molecule has 0 atom stereocenters. The van der Waals surface area contributed by atoms with Crippen LogP contribution in [0.25, 0.3) is 0 Å². The summed E-state index contributed by atoms with van der Waals surface area (Å²) in [5, 5.41) is 11.7. The summed E-state index contributed by atoms with van der Waals surface area (Å²) in [6.07, 6.45) is 0. The highest BCUT2D eigenvalue weighted by Gasteiger charge is 2.12. The van der Waals surface area contributed by atoms with Crippen molar-refractivity contribution in [3.8, 4) is 5.75 Å². The van der Waals surface area contributed by atoms with Gasteiger partial charge in [0.1, 0.15) is 10.6 Å². The largest absolute Gasteiger partial charge is 0.506 e. The fraction of sp³-hybridized carbons (Fsp3) is 0.182. The lowest BCUT2D eigenvalue weighted by atomic mass is 10.3. The van der Waals surface area contributed by atoms with Crippen LogP contribution in [0.5, 0.6) is 5.75 Å². The maximum atomic E-state index is 11.9. The molecule has 2 aromatic rings. The number of pyridine rings is 1. The van der Waals surface area contributed by atoms with E-state index in [9.17, 15) is 9.90 Å². The molecule has 84 valence electrons. The molecule has 0 saturated heterocycles. The van der Waals surface area contributed by atoms with Crippen LogP contribution in [0.15, 0.2) is 37.5 Å². The molecule has 3 nitrogen and oxygen atoms in total. The van der Waals surface area contributed by atoms with Gasteiger partial charge in [-0.2, -0.15) is 0 Å². The van der Waals surface area contributed by atoms with Crippen LogP contribution in [-0.4, -0.2) is 9.67 Å². The smallest absolute Gasteiger partial charge is 0.268 e. The quantitative estimate of drug-likeness (QED) is 0.894. The maximum absolute atomic E-state index is 11.9. The average Bonchev–Trinajstić information content (AvgIpc) is 2.74. The van der Waals surface area contributed by atoms with E-state index in [-0.39, 0.29) is 11.3 Å². The van der Waals surface area contributed by atoms with Crippen LogP contribution in [0.2, 0.25) is 0 Å². The van der Waals surface area contributed by atoms with E-state index in [1.165, 1.54) is 16.3 Å². The number of rotatable bonds is 2. The van der Waals surface area contributed by atoms with Crippen molar-refractivity contribution in [2.45, 2.75) is 16.0 Å². The minimum absolute atomic E-state index is 0.0546. The first kappa shape index (κ1) is 11.3. The molecule has 1 N–H and O–H groups in total. The molecule has 2 aromatic heterocycles. The van der Waals surface area contributed by atoms with Crippen molar-refractivity contribution in [1.29, 1.82) is 0 Å². The first-order chi connectivity index (χ1) is 7.59. The molecule has 0 radical (unpaired) electrons. The van der Waals surface area contributed by atoms with Crippen molar-refractivity contribution in [2.24, 2.45) is 7.05 Å². The third-order valence-electron chi connectivity index (χ3n) is 2.30. The molecule has 0 aliphatic rings. The molecule has 0 aliphatic heterocycles. The zero-order chi connectivity index (χ0) is 11.7. The molecule has 16 heavy (non-hydrogen) atoms. The number of nitrogens with zero attached hydrogens (tertiary/aromatic N) is 1. The summed E-state index contributed by atoms with van der Waals surface area (Å²) >= 11 is 2.85. The predicted molar refractivity (Wildman–Crippen MR) is 66.5 cm³/mol. The summed E-state index contributed by atoms with van der Waals surface area (Å²) in [7, 11) is 1.70. The van der Waals surface area contributed by atoms with Gasteiger partial charge in [0.05, 0.1) is 4.21 Å². The van der Waals surface area contributed by atoms with Gasteiger partial charge in [-0.05, 0) is 18.4 Å². The minimum Gasteiger partial charge on any atom is -0.506 e. The molecule has 0 unspecified atom stereocenters. The van der Waals surface area contributed by atoms with Gasteiger partial charge in [0.2, 0.25) is 0 Å². The van der Waals surface area contributed by atoms with Crippen molar-refractivity contribution >= 4 is 23.1 Å². The summed E-state index contributed by atoms with van der Waals surface area (Å²) in [4.78, 5) is 12.3. The molecule has 0 bridgehead atoms. The molecule has 2 heterocycles. The average molecular weight is 253 g/mol. The van der Waals surface area contributed by atoms with Crippen molar-refractivity contribution in [1.82, 2.24) is 4.57 Å². The third kappa shape index (κ3) is 2.01. The van der Waals surface area contributed by atoms with Gasteiger partial charge in [-0.25, -0.2) is 0 Å². The summed E-state index contributed by atoms with van der Waals surface area (Å²) in [6, 6.07) is 5.45. The Morgan fingerprint density at radius 1 is 1.50 bits per heavy atom. The van der Waals surface area contributed by atoms with E-state index in [2.05, 4.69) is 0 Å². The third-order valence-corrected chi connectivity index (χ3v) is 4.43. The van der Waals surface area contributed by atoms with E-state index in [0.29, 0.717) is 4.90 Å². The number of aromatic hydroxyl groups is 1. The highest BCUT2D eigenvalue weighted by atomic mass is 32.2. The van der Waals surface area contributed by atoms with Gasteiger partial charge in [0.15, 0.2) is 0 Å². The second-order valence-electron chi connectivity index (χ2n) is 3.40. The number of hydrogen-bond donors (Lipinski definition) is 1. The number of thiophene rings is 1. The van der Waals surface area contributed by atoms with Gasteiger partial charge in [-0.1, -0.05) is 17.8 Å². The van der Waals surface area contributed by atoms with Gasteiger partial charge in [-0.3, -0.25) is 4.79 Å². The molecular weight excluding hydrogens is 242 g/mol. The Hall–Kier alpha value is -1.20. The van der Waals surface area contributed by atoms with Crippen molar-refractivity contribution in [3.63, 3.8) is 0 Å². The van der Waals surface area contributed by atoms with Gasteiger partial charge >= 0.3 is 0 Å². The zero-order valence-electron chi connectivity index (χ0n) is 8.93. The first-order valence-electron chi connectivity index (χ1n) is 4.70. The normalized spacial score (nSPS) is 10.6. The fourth-order valence-corrected chi connectivity index (χ4v) is 3.09. The van der Waals surface area contributed by atoms with Crippen LogP contribution in [-0.2, 0) is 7.05 Å². The summed E-state index contributed by atoms with van der Waals surface area (Å²) in [5.74, 6) is 0.0546. The maximum Gasteiger partial charge on any atom is 0.268 e.